The lowest BCUT2D eigenvalue weighted by Gasteiger charge is -2.25. The van der Waals surface area contributed by atoms with Gasteiger partial charge in [-0.25, -0.2) is 4.98 Å². The Hall–Kier alpha value is -2.93. The van der Waals surface area contributed by atoms with E-state index in [1.54, 1.807) is 18.5 Å². The molecule has 0 bridgehead atoms. The summed E-state index contributed by atoms with van der Waals surface area (Å²) < 4.78 is 13.0. The van der Waals surface area contributed by atoms with Gasteiger partial charge >= 0.3 is 0 Å². The van der Waals surface area contributed by atoms with E-state index in [2.05, 4.69) is 15.1 Å². The molecule has 0 saturated carbocycles. The Bertz CT molecular complexity index is 873. The standard InChI is InChI=1S/C17H17N5O2/c1-11-16(2-3-17(18)21-11)24-14-4-5-19-15(6-14)12-7-20-22(8-12)13-9-23-10-13/h2-8,13H,9-10H2,1H3,(H2,18,21). The topological polar surface area (TPSA) is 88.1 Å². The first-order chi connectivity index (χ1) is 11.7. The summed E-state index contributed by atoms with van der Waals surface area (Å²) in [5.74, 6) is 1.83. The molecule has 2 N–H and O–H groups in total. The van der Waals surface area contributed by atoms with Crippen molar-refractivity contribution in [2.45, 2.75) is 13.0 Å². The van der Waals surface area contributed by atoms with E-state index in [0.29, 0.717) is 36.6 Å². The maximum absolute atomic E-state index is 5.91. The average Bonchev–Trinajstić information content (AvgIpc) is 2.98. The zero-order valence-corrected chi connectivity index (χ0v) is 13.2. The highest BCUT2D eigenvalue weighted by atomic mass is 16.5. The Kier molecular flexibility index (Phi) is 3.62. The maximum atomic E-state index is 5.91. The maximum Gasteiger partial charge on any atom is 0.148 e. The largest absolute Gasteiger partial charge is 0.455 e. The van der Waals surface area contributed by atoms with Crippen LogP contribution in [0, 0.1) is 6.92 Å². The van der Waals surface area contributed by atoms with Gasteiger partial charge in [-0.15, -0.1) is 0 Å². The summed E-state index contributed by atoms with van der Waals surface area (Å²) in [5, 5.41) is 4.38. The number of nitrogens with zero attached hydrogens (tertiary/aromatic N) is 4. The Labute approximate surface area is 139 Å². The van der Waals surface area contributed by atoms with E-state index < -0.39 is 0 Å². The Morgan fingerprint density at radius 3 is 2.92 bits per heavy atom. The van der Waals surface area contributed by atoms with Crippen molar-refractivity contribution in [3.05, 3.63) is 48.5 Å². The predicted octanol–water partition coefficient (Wildman–Crippen LogP) is 2.59. The first-order valence-electron chi connectivity index (χ1n) is 7.68. The Morgan fingerprint density at radius 1 is 1.29 bits per heavy atom. The van der Waals surface area contributed by atoms with Gasteiger partial charge in [0.15, 0.2) is 0 Å². The minimum atomic E-state index is 0.321. The van der Waals surface area contributed by atoms with E-state index in [0.717, 1.165) is 17.0 Å². The monoisotopic (exact) mass is 323 g/mol. The van der Waals surface area contributed by atoms with Crippen molar-refractivity contribution >= 4 is 5.82 Å². The Morgan fingerprint density at radius 2 is 2.17 bits per heavy atom. The van der Waals surface area contributed by atoms with Crippen molar-refractivity contribution in [2.24, 2.45) is 0 Å². The second-order valence-electron chi connectivity index (χ2n) is 5.70. The Balaban J connectivity index is 1.58. The van der Waals surface area contributed by atoms with Crippen LogP contribution in [0.2, 0.25) is 0 Å². The summed E-state index contributed by atoms with van der Waals surface area (Å²) in [4.78, 5) is 8.60. The predicted molar refractivity (Wildman–Crippen MR) is 88.8 cm³/mol. The third kappa shape index (κ3) is 2.81. The first kappa shape index (κ1) is 14.6. The lowest BCUT2D eigenvalue weighted by molar-refractivity contribution is -0.0286. The number of aryl methyl sites for hydroxylation is 1. The second-order valence-corrected chi connectivity index (χ2v) is 5.70. The number of aromatic nitrogens is 4. The van der Waals surface area contributed by atoms with E-state index in [4.69, 9.17) is 15.2 Å². The fraction of sp³-hybridized carbons (Fsp3) is 0.235. The molecule has 0 aliphatic carbocycles. The molecule has 7 heteroatoms. The number of nitrogen functional groups attached to an aromatic ring is 1. The SMILES string of the molecule is Cc1nc(N)ccc1Oc1ccnc(-c2cnn(C3COC3)c2)c1. The molecule has 122 valence electrons. The molecular weight excluding hydrogens is 306 g/mol. The van der Waals surface area contributed by atoms with E-state index in [1.807, 2.05) is 36.0 Å². The van der Waals surface area contributed by atoms with Crippen molar-refractivity contribution < 1.29 is 9.47 Å². The third-order valence-corrected chi connectivity index (χ3v) is 3.91. The summed E-state index contributed by atoms with van der Waals surface area (Å²) in [7, 11) is 0. The molecule has 3 aromatic rings. The average molecular weight is 323 g/mol. The summed E-state index contributed by atoms with van der Waals surface area (Å²) in [6.07, 6.45) is 5.50. The van der Waals surface area contributed by atoms with Crippen LogP contribution in [0.4, 0.5) is 5.82 Å². The number of hydrogen-bond donors (Lipinski definition) is 1. The van der Waals surface area contributed by atoms with E-state index in [1.165, 1.54) is 0 Å². The highest BCUT2D eigenvalue weighted by Crippen LogP contribution is 2.28. The van der Waals surface area contributed by atoms with Crippen molar-refractivity contribution in [1.82, 2.24) is 19.7 Å². The normalized spacial score (nSPS) is 14.4. The third-order valence-electron chi connectivity index (χ3n) is 3.91. The van der Waals surface area contributed by atoms with Crippen molar-refractivity contribution in [1.29, 1.82) is 0 Å². The van der Waals surface area contributed by atoms with Crippen LogP contribution in [0.5, 0.6) is 11.5 Å². The summed E-state index contributed by atoms with van der Waals surface area (Å²) in [5.41, 5.74) is 8.16. The molecule has 0 amide bonds. The fourth-order valence-electron chi connectivity index (χ4n) is 2.48. The molecule has 7 nitrogen and oxygen atoms in total. The molecule has 4 rings (SSSR count). The van der Waals surface area contributed by atoms with Crippen LogP contribution >= 0.6 is 0 Å². The van der Waals surface area contributed by atoms with Gasteiger partial charge in [-0.3, -0.25) is 9.67 Å². The molecule has 0 unspecified atom stereocenters. The van der Waals surface area contributed by atoms with Crippen LogP contribution in [0.15, 0.2) is 42.9 Å². The highest BCUT2D eigenvalue weighted by molar-refractivity contribution is 5.59. The van der Waals surface area contributed by atoms with Crippen molar-refractivity contribution in [3.63, 3.8) is 0 Å². The molecule has 1 saturated heterocycles. The molecule has 24 heavy (non-hydrogen) atoms. The van der Waals surface area contributed by atoms with Gasteiger partial charge in [0, 0.05) is 24.0 Å². The quantitative estimate of drug-likeness (QED) is 0.794. The zero-order valence-electron chi connectivity index (χ0n) is 13.2. The molecule has 1 fully saturated rings. The van der Waals surface area contributed by atoms with Crippen LogP contribution in [-0.4, -0.2) is 33.0 Å². The number of hydrogen-bond acceptors (Lipinski definition) is 6. The number of anilines is 1. The zero-order chi connectivity index (χ0) is 16.5. The van der Waals surface area contributed by atoms with Crippen LogP contribution in [0.25, 0.3) is 11.3 Å². The van der Waals surface area contributed by atoms with Crippen LogP contribution in [-0.2, 0) is 4.74 Å². The van der Waals surface area contributed by atoms with Gasteiger partial charge in [0.05, 0.1) is 36.8 Å². The molecule has 0 atom stereocenters. The second kappa shape index (κ2) is 5.93. The van der Waals surface area contributed by atoms with E-state index in [9.17, 15) is 0 Å². The fourth-order valence-corrected chi connectivity index (χ4v) is 2.48. The van der Waals surface area contributed by atoms with Gasteiger partial charge < -0.3 is 15.2 Å². The van der Waals surface area contributed by atoms with Crippen molar-refractivity contribution in [3.8, 4) is 22.8 Å². The van der Waals surface area contributed by atoms with E-state index in [-0.39, 0.29) is 0 Å². The van der Waals surface area contributed by atoms with E-state index >= 15 is 0 Å². The van der Waals surface area contributed by atoms with Crippen molar-refractivity contribution in [2.75, 3.05) is 18.9 Å². The number of rotatable bonds is 4. The summed E-state index contributed by atoms with van der Waals surface area (Å²) in [6, 6.07) is 7.54. The first-order valence-corrected chi connectivity index (χ1v) is 7.68. The molecule has 0 aromatic carbocycles. The molecule has 1 aliphatic heterocycles. The molecule has 0 spiro atoms. The minimum Gasteiger partial charge on any atom is -0.455 e. The number of pyridine rings is 2. The number of ether oxygens (including phenoxy) is 2. The molecule has 1 aliphatic rings. The van der Waals surface area contributed by atoms with Crippen LogP contribution in [0.1, 0.15) is 11.7 Å². The van der Waals surface area contributed by atoms with Gasteiger partial charge in [0.25, 0.3) is 0 Å². The number of nitrogens with two attached hydrogens (primary N) is 1. The van der Waals surface area contributed by atoms with Crippen LogP contribution < -0.4 is 10.5 Å². The molecule has 4 heterocycles. The lowest BCUT2D eigenvalue weighted by Crippen LogP contribution is -2.30. The molecule has 0 radical (unpaired) electrons. The molecule has 3 aromatic heterocycles. The minimum absolute atomic E-state index is 0.321. The van der Waals surface area contributed by atoms with Gasteiger partial charge in [-0.1, -0.05) is 0 Å². The van der Waals surface area contributed by atoms with Gasteiger partial charge in [-0.05, 0) is 25.1 Å². The smallest absolute Gasteiger partial charge is 0.148 e. The summed E-state index contributed by atoms with van der Waals surface area (Å²) in [6.45, 7) is 3.28. The lowest BCUT2D eigenvalue weighted by atomic mass is 10.2. The molecular formula is C17H17N5O2. The van der Waals surface area contributed by atoms with Gasteiger partial charge in [0.1, 0.15) is 17.3 Å². The van der Waals surface area contributed by atoms with Crippen LogP contribution in [0.3, 0.4) is 0 Å². The van der Waals surface area contributed by atoms with Gasteiger partial charge in [-0.2, -0.15) is 5.10 Å². The summed E-state index contributed by atoms with van der Waals surface area (Å²) >= 11 is 0. The highest BCUT2D eigenvalue weighted by Gasteiger charge is 2.21. The van der Waals surface area contributed by atoms with Gasteiger partial charge in [0.2, 0.25) is 0 Å².